The maximum atomic E-state index is 13.1. The molecule has 1 aliphatic carbocycles. The van der Waals surface area contributed by atoms with E-state index in [1.807, 2.05) is 24.3 Å². The van der Waals surface area contributed by atoms with Crippen molar-refractivity contribution in [1.82, 2.24) is 20.9 Å². The van der Waals surface area contributed by atoms with Crippen LogP contribution in [0.15, 0.2) is 24.3 Å². The first-order valence-corrected chi connectivity index (χ1v) is 8.22. The van der Waals surface area contributed by atoms with Crippen molar-refractivity contribution in [3.8, 4) is 0 Å². The lowest BCUT2D eigenvalue weighted by atomic mass is 9.84. The quantitative estimate of drug-likeness (QED) is 0.683. The first-order valence-electron chi connectivity index (χ1n) is 8.22. The van der Waals surface area contributed by atoms with Gasteiger partial charge >= 0.3 is 12.1 Å². The van der Waals surface area contributed by atoms with E-state index in [-0.39, 0.29) is 0 Å². The predicted octanol–water partition coefficient (Wildman–Crippen LogP) is 0.616. The van der Waals surface area contributed by atoms with E-state index >= 15 is 0 Å². The highest BCUT2D eigenvalue weighted by atomic mass is 16.2. The second-order valence-electron chi connectivity index (χ2n) is 6.22. The van der Waals surface area contributed by atoms with Crippen LogP contribution in [0.1, 0.15) is 30.4 Å². The van der Waals surface area contributed by atoms with E-state index in [1.165, 1.54) is 7.05 Å². The van der Waals surface area contributed by atoms with Gasteiger partial charge in [0.2, 0.25) is 5.91 Å². The standard InChI is InChI=1S/C17H20N4O4/c1-18-15(24)19-13(22)10-21-14(23)17(20-16(21)25)9-5-4-7-11-6-2-3-8-12(11)17/h2-3,6,8H,4-5,7,9-10H2,1H3,(H,20,25)(H2,18,19,22,24). The number of carbonyl (C=O) groups is 4. The number of hydrogen-bond donors (Lipinski definition) is 3. The lowest BCUT2D eigenvalue weighted by molar-refractivity contribution is -0.135. The number of hydrogen-bond acceptors (Lipinski definition) is 4. The highest BCUT2D eigenvalue weighted by Crippen LogP contribution is 2.38. The van der Waals surface area contributed by atoms with E-state index in [1.54, 1.807) is 0 Å². The van der Waals surface area contributed by atoms with Gasteiger partial charge in [0.25, 0.3) is 5.91 Å². The van der Waals surface area contributed by atoms with Gasteiger partial charge in [0.15, 0.2) is 0 Å². The minimum atomic E-state index is -1.13. The molecule has 3 rings (SSSR count). The molecule has 1 fully saturated rings. The Morgan fingerprint density at radius 2 is 2.00 bits per heavy atom. The number of rotatable bonds is 2. The van der Waals surface area contributed by atoms with Gasteiger partial charge in [-0.2, -0.15) is 0 Å². The Hall–Kier alpha value is -2.90. The summed E-state index contributed by atoms with van der Waals surface area (Å²) in [7, 11) is 1.37. The van der Waals surface area contributed by atoms with Gasteiger partial charge in [0, 0.05) is 7.05 Å². The molecule has 2 aliphatic rings. The summed E-state index contributed by atoms with van der Waals surface area (Å²) < 4.78 is 0. The Labute approximate surface area is 144 Å². The number of amides is 6. The molecule has 0 aromatic heterocycles. The summed E-state index contributed by atoms with van der Waals surface area (Å²) in [5, 5.41) is 7.10. The topological polar surface area (TPSA) is 108 Å². The highest BCUT2D eigenvalue weighted by molar-refractivity contribution is 6.10. The maximum absolute atomic E-state index is 13.1. The van der Waals surface area contributed by atoms with Crippen LogP contribution < -0.4 is 16.0 Å². The van der Waals surface area contributed by atoms with Crippen molar-refractivity contribution < 1.29 is 19.2 Å². The Balaban J connectivity index is 1.88. The molecule has 132 valence electrons. The maximum Gasteiger partial charge on any atom is 0.325 e. The van der Waals surface area contributed by atoms with Gasteiger partial charge < -0.3 is 10.6 Å². The zero-order chi connectivity index (χ0) is 18.0. The van der Waals surface area contributed by atoms with Gasteiger partial charge in [-0.25, -0.2) is 9.59 Å². The third kappa shape index (κ3) is 2.95. The summed E-state index contributed by atoms with van der Waals surface area (Å²) in [5.41, 5.74) is 0.697. The number of nitrogens with zero attached hydrogens (tertiary/aromatic N) is 1. The average molecular weight is 344 g/mol. The molecular formula is C17H20N4O4. The molecule has 1 aromatic rings. The fraction of sp³-hybridized carbons (Fsp3) is 0.412. The number of carbonyl (C=O) groups excluding carboxylic acids is 4. The minimum absolute atomic E-state index is 0.445. The van der Waals surface area contributed by atoms with Gasteiger partial charge in [-0.05, 0) is 36.8 Å². The van der Waals surface area contributed by atoms with E-state index < -0.39 is 36.0 Å². The summed E-state index contributed by atoms with van der Waals surface area (Å²) in [5.74, 6) is -1.17. The molecule has 6 amide bonds. The van der Waals surface area contributed by atoms with E-state index in [9.17, 15) is 19.2 Å². The Kier molecular flexibility index (Phi) is 4.43. The summed E-state index contributed by atoms with van der Waals surface area (Å²) >= 11 is 0. The van der Waals surface area contributed by atoms with Crippen LogP contribution in [0.4, 0.5) is 9.59 Å². The predicted molar refractivity (Wildman–Crippen MR) is 88.5 cm³/mol. The first-order chi connectivity index (χ1) is 12.0. The Morgan fingerprint density at radius 3 is 2.76 bits per heavy atom. The number of urea groups is 2. The minimum Gasteiger partial charge on any atom is -0.341 e. The molecule has 1 aromatic carbocycles. The van der Waals surface area contributed by atoms with Gasteiger partial charge in [-0.1, -0.05) is 24.3 Å². The molecule has 8 nitrogen and oxygen atoms in total. The summed E-state index contributed by atoms with van der Waals surface area (Å²) in [6, 6.07) is 6.26. The summed E-state index contributed by atoms with van der Waals surface area (Å²) in [4.78, 5) is 49.4. The van der Waals surface area contributed by atoms with Crippen LogP contribution in [0, 0.1) is 0 Å². The summed E-state index contributed by atoms with van der Waals surface area (Å²) in [6.45, 7) is -0.498. The first kappa shape index (κ1) is 16.9. The van der Waals surface area contributed by atoms with Gasteiger partial charge in [0.1, 0.15) is 12.1 Å². The fourth-order valence-corrected chi connectivity index (χ4v) is 3.49. The molecule has 1 heterocycles. The molecule has 3 N–H and O–H groups in total. The molecule has 1 unspecified atom stereocenters. The van der Waals surface area contributed by atoms with Gasteiger partial charge in [-0.3, -0.25) is 19.8 Å². The Bertz CT molecular complexity index is 748. The zero-order valence-electron chi connectivity index (χ0n) is 13.9. The zero-order valence-corrected chi connectivity index (χ0v) is 13.9. The SMILES string of the molecule is CNC(=O)NC(=O)CN1C(=O)NC2(CCCCc3ccccc32)C1=O. The molecule has 1 aliphatic heterocycles. The Morgan fingerprint density at radius 1 is 1.24 bits per heavy atom. The van der Waals surface area contributed by atoms with Crippen LogP contribution in [0.5, 0.6) is 0 Å². The van der Waals surface area contributed by atoms with Crippen molar-refractivity contribution in [3.63, 3.8) is 0 Å². The van der Waals surface area contributed by atoms with E-state index in [0.717, 1.165) is 35.3 Å². The lowest BCUT2D eigenvalue weighted by Crippen LogP contribution is -2.47. The molecule has 0 radical (unpaired) electrons. The fourth-order valence-electron chi connectivity index (χ4n) is 3.49. The van der Waals surface area contributed by atoms with Crippen LogP contribution in [0.3, 0.4) is 0 Å². The normalized spacial score (nSPS) is 22.2. The largest absolute Gasteiger partial charge is 0.341 e. The van der Waals surface area contributed by atoms with Crippen LogP contribution >= 0.6 is 0 Å². The van der Waals surface area contributed by atoms with Crippen molar-refractivity contribution in [2.75, 3.05) is 13.6 Å². The monoisotopic (exact) mass is 344 g/mol. The average Bonchev–Trinajstić information content (AvgIpc) is 2.75. The summed E-state index contributed by atoms with van der Waals surface area (Å²) in [6.07, 6.45) is 3.05. The third-order valence-electron chi connectivity index (χ3n) is 4.68. The van der Waals surface area contributed by atoms with Crippen molar-refractivity contribution in [3.05, 3.63) is 35.4 Å². The van der Waals surface area contributed by atoms with Crippen LogP contribution in [0.25, 0.3) is 0 Å². The lowest BCUT2D eigenvalue weighted by Gasteiger charge is -2.27. The smallest absolute Gasteiger partial charge is 0.325 e. The van der Waals surface area contributed by atoms with Crippen LogP contribution in [-0.4, -0.2) is 42.4 Å². The molecular weight excluding hydrogens is 324 g/mol. The van der Waals surface area contributed by atoms with Crippen LogP contribution in [0.2, 0.25) is 0 Å². The van der Waals surface area contributed by atoms with Crippen LogP contribution in [-0.2, 0) is 21.5 Å². The molecule has 1 spiro atoms. The number of aryl methyl sites for hydroxylation is 1. The van der Waals surface area contributed by atoms with Crippen molar-refractivity contribution >= 4 is 23.9 Å². The molecule has 1 saturated heterocycles. The number of benzene rings is 1. The van der Waals surface area contributed by atoms with Gasteiger partial charge in [0.05, 0.1) is 0 Å². The van der Waals surface area contributed by atoms with E-state index in [4.69, 9.17) is 0 Å². The molecule has 8 heteroatoms. The number of nitrogens with one attached hydrogen (secondary N) is 3. The highest BCUT2D eigenvalue weighted by Gasteiger charge is 2.53. The number of fused-ring (bicyclic) bond motifs is 2. The second kappa shape index (κ2) is 6.54. The molecule has 25 heavy (non-hydrogen) atoms. The van der Waals surface area contributed by atoms with Crippen molar-refractivity contribution in [1.29, 1.82) is 0 Å². The van der Waals surface area contributed by atoms with Gasteiger partial charge in [-0.15, -0.1) is 0 Å². The van der Waals surface area contributed by atoms with E-state index in [0.29, 0.717) is 6.42 Å². The number of imide groups is 2. The van der Waals surface area contributed by atoms with Crippen molar-refractivity contribution in [2.24, 2.45) is 0 Å². The third-order valence-corrected chi connectivity index (χ3v) is 4.68. The molecule has 0 saturated carbocycles. The van der Waals surface area contributed by atoms with E-state index in [2.05, 4.69) is 16.0 Å². The van der Waals surface area contributed by atoms with Crippen molar-refractivity contribution in [2.45, 2.75) is 31.2 Å². The second-order valence-corrected chi connectivity index (χ2v) is 6.22. The molecule has 1 atom stereocenters. The molecule has 0 bridgehead atoms.